The summed E-state index contributed by atoms with van der Waals surface area (Å²) in [6, 6.07) is 9.88. The first-order valence-corrected chi connectivity index (χ1v) is 6.53. The van der Waals surface area contributed by atoms with Crippen LogP contribution in [0.3, 0.4) is 0 Å². The molecule has 102 valence electrons. The van der Waals surface area contributed by atoms with Crippen molar-refractivity contribution in [2.45, 2.75) is 6.18 Å². The van der Waals surface area contributed by atoms with E-state index in [4.69, 9.17) is 9.68 Å². The van der Waals surface area contributed by atoms with Crippen molar-refractivity contribution in [3.63, 3.8) is 0 Å². The summed E-state index contributed by atoms with van der Waals surface area (Å²) in [6.07, 6.45) is -3.02. The van der Waals surface area contributed by atoms with Gasteiger partial charge in [0.15, 0.2) is 3.77 Å². The van der Waals surface area contributed by atoms with E-state index in [1.165, 1.54) is 18.2 Å². The van der Waals surface area contributed by atoms with Gasteiger partial charge in [0, 0.05) is 0 Å². The largest absolute Gasteiger partial charge is 0.451 e. The van der Waals surface area contributed by atoms with Gasteiger partial charge in [0.1, 0.15) is 5.76 Å². The smallest absolute Gasteiger partial charge is 0.416 e. The molecule has 20 heavy (non-hydrogen) atoms. The molecule has 0 amide bonds. The van der Waals surface area contributed by atoms with Crippen LogP contribution in [0.25, 0.3) is 11.6 Å². The standard InChI is InChI=1S/C14H7F3INO/c15-14(16,17)11-3-1-2-9(6-11)10(8-19)7-12-4-5-13(18)20-12/h1-7H/b10-7-. The zero-order chi connectivity index (χ0) is 14.8. The Morgan fingerprint density at radius 3 is 2.55 bits per heavy atom. The zero-order valence-corrected chi connectivity index (χ0v) is 12.1. The lowest BCUT2D eigenvalue weighted by Gasteiger charge is -2.07. The predicted molar refractivity (Wildman–Crippen MR) is 76.4 cm³/mol. The Morgan fingerprint density at radius 2 is 2.00 bits per heavy atom. The predicted octanol–water partition coefficient (Wildman–Crippen LogP) is 4.97. The molecule has 0 N–H and O–H groups in total. The van der Waals surface area contributed by atoms with Gasteiger partial charge < -0.3 is 4.42 Å². The molecule has 0 aliphatic rings. The third-order valence-electron chi connectivity index (χ3n) is 2.50. The van der Waals surface area contributed by atoms with E-state index in [2.05, 4.69) is 0 Å². The number of halogens is 4. The quantitative estimate of drug-likeness (QED) is 0.538. The number of furan rings is 1. The first-order valence-electron chi connectivity index (χ1n) is 5.45. The van der Waals surface area contributed by atoms with Gasteiger partial charge in [-0.3, -0.25) is 0 Å². The molecule has 1 aromatic carbocycles. The number of nitriles is 1. The highest BCUT2D eigenvalue weighted by molar-refractivity contribution is 14.1. The number of hydrogen-bond donors (Lipinski definition) is 0. The molecule has 0 atom stereocenters. The van der Waals surface area contributed by atoms with Crippen molar-refractivity contribution in [1.29, 1.82) is 5.26 Å². The molecule has 0 fully saturated rings. The lowest BCUT2D eigenvalue weighted by Crippen LogP contribution is -2.04. The van der Waals surface area contributed by atoms with Gasteiger partial charge in [-0.2, -0.15) is 18.4 Å². The van der Waals surface area contributed by atoms with E-state index in [1.54, 1.807) is 12.1 Å². The van der Waals surface area contributed by atoms with Crippen LogP contribution in [-0.4, -0.2) is 0 Å². The molecular weight excluding hydrogens is 382 g/mol. The molecule has 2 rings (SSSR count). The van der Waals surface area contributed by atoms with Crippen molar-refractivity contribution < 1.29 is 17.6 Å². The zero-order valence-electron chi connectivity index (χ0n) is 9.91. The monoisotopic (exact) mass is 389 g/mol. The molecule has 0 aliphatic heterocycles. The lowest BCUT2D eigenvalue weighted by atomic mass is 10.0. The summed E-state index contributed by atoms with van der Waals surface area (Å²) in [5.74, 6) is 0.420. The highest BCUT2D eigenvalue weighted by Gasteiger charge is 2.30. The molecule has 1 aromatic heterocycles. The summed E-state index contributed by atoms with van der Waals surface area (Å²) in [5.41, 5.74) is -0.472. The van der Waals surface area contributed by atoms with E-state index in [-0.39, 0.29) is 11.1 Å². The Morgan fingerprint density at radius 1 is 1.25 bits per heavy atom. The summed E-state index contributed by atoms with van der Waals surface area (Å²) in [5, 5.41) is 9.10. The van der Waals surface area contributed by atoms with Crippen LogP contribution in [0.2, 0.25) is 0 Å². The van der Waals surface area contributed by atoms with E-state index in [0.717, 1.165) is 12.1 Å². The third-order valence-corrected chi connectivity index (χ3v) is 3.08. The SMILES string of the molecule is N#C/C(=C/c1ccc(I)o1)c1cccc(C(F)(F)F)c1. The van der Waals surface area contributed by atoms with E-state index < -0.39 is 11.7 Å². The number of nitrogens with zero attached hydrogens (tertiary/aromatic N) is 1. The maximum atomic E-state index is 12.6. The highest BCUT2D eigenvalue weighted by Crippen LogP contribution is 2.31. The van der Waals surface area contributed by atoms with Crippen LogP contribution in [0, 0.1) is 15.1 Å². The average molecular weight is 389 g/mol. The minimum absolute atomic E-state index is 0.113. The summed E-state index contributed by atoms with van der Waals surface area (Å²) >= 11 is 1.96. The number of benzene rings is 1. The minimum Gasteiger partial charge on any atom is -0.451 e. The molecular formula is C14H7F3INO. The lowest BCUT2D eigenvalue weighted by molar-refractivity contribution is -0.137. The van der Waals surface area contributed by atoms with Gasteiger partial charge in [0.25, 0.3) is 0 Å². The molecule has 0 radical (unpaired) electrons. The molecule has 0 aliphatic carbocycles. The minimum atomic E-state index is -4.43. The molecule has 1 heterocycles. The Kier molecular flexibility index (Phi) is 4.18. The van der Waals surface area contributed by atoms with Crippen LogP contribution < -0.4 is 0 Å². The van der Waals surface area contributed by atoms with Crippen molar-refractivity contribution in [2.24, 2.45) is 0 Å². The van der Waals surface area contributed by atoms with Gasteiger partial charge >= 0.3 is 6.18 Å². The van der Waals surface area contributed by atoms with Crippen LogP contribution in [0.15, 0.2) is 40.8 Å². The van der Waals surface area contributed by atoms with Gasteiger partial charge in [-0.25, -0.2) is 0 Å². The Hall–Kier alpha value is -1.75. The second kappa shape index (κ2) is 5.71. The van der Waals surface area contributed by atoms with Crippen LogP contribution in [0.4, 0.5) is 13.2 Å². The molecule has 0 saturated carbocycles. The van der Waals surface area contributed by atoms with Gasteiger partial charge in [-0.1, -0.05) is 12.1 Å². The molecule has 0 unspecified atom stereocenters. The van der Waals surface area contributed by atoms with Crippen molar-refractivity contribution in [3.05, 3.63) is 57.1 Å². The van der Waals surface area contributed by atoms with Gasteiger partial charge in [0.2, 0.25) is 0 Å². The molecule has 0 spiro atoms. The van der Waals surface area contributed by atoms with E-state index in [0.29, 0.717) is 9.53 Å². The third kappa shape index (κ3) is 3.42. The molecule has 0 saturated heterocycles. The van der Waals surface area contributed by atoms with Crippen molar-refractivity contribution in [1.82, 2.24) is 0 Å². The van der Waals surface area contributed by atoms with E-state index in [9.17, 15) is 13.2 Å². The summed E-state index contributed by atoms with van der Waals surface area (Å²) < 4.78 is 43.8. The highest BCUT2D eigenvalue weighted by atomic mass is 127. The van der Waals surface area contributed by atoms with Gasteiger partial charge in [0.05, 0.1) is 17.2 Å². The normalized spacial score (nSPS) is 12.2. The molecule has 6 heteroatoms. The summed E-state index contributed by atoms with van der Waals surface area (Å²) in [6.45, 7) is 0. The van der Waals surface area contributed by atoms with Gasteiger partial charge in [-0.15, -0.1) is 0 Å². The Balaban J connectivity index is 2.43. The van der Waals surface area contributed by atoms with Crippen molar-refractivity contribution in [3.8, 4) is 6.07 Å². The Labute approximate surface area is 126 Å². The van der Waals surface area contributed by atoms with Crippen LogP contribution in [0.1, 0.15) is 16.9 Å². The van der Waals surface area contributed by atoms with Crippen LogP contribution in [-0.2, 0) is 6.18 Å². The Bertz CT molecular complexity index is 695. The first-order chi connectivity index (χ1) is 9.40. The van der Waals surface area contributed by atoms with Crippen LogP contribution >= 0.6 is 22.6 Å². The van der Waals surface area contributed by atoms with Crippen molar-refractivity contribution >= 4 is 34.2 Å². The molecule has 0 bridgehead atoms. The summed E-state index contributed by atoms with van der Waals surface area (Å²) in [4.78, 5) is 0. The number of allylic oxidation sites excluding steroid dienone is 1. The van der Waals surface area contributed by atoms with Crippen LogP contribution in [0.5, 0.6) is 0 Å². The first kappa shape index (κ1) is 14.7. The molecule has 2 nitrogen and oxygen atoms in total. The van der Waals surface area contributed by atoms with Gasteiger partial charge in [-0.05, 0) is 58.5 Å². The van der Waals surface area contributed by atoms with E-state index >= 15 is 0 Å². The number of hydrogen-bond acceptors (Lipinski definition) is 2. The number of alkyl halides is 3. The maximum Gasteiger partial charge on any atom is 0.416 e. The number of rotatable bonds is 2. The fourth-order valence-electron chi connectivity index (χ4n) is 1.59. The van der Waals surface area contributed by atoms with Crippen molar-refractivity contribution in [2.75, 3.05) is 0 Å². The molecule has 2 aromatic rings. The second-order valence-corrected chi connectivity index (χ2v) is 4.95. The summed E-state index contributed by atoms with van der Waals surface area (Å²) in [7, 11) is 0. The average Bonchev–Trinajstić information content (AvgIpc) is 2.81. The maximum absolute atomic E-state index is 12.6. The topological polar surface area (TPSA) is 36.9 Å². The fourth-order valence-corrected chi connectivity index (χ4v) is 2.03. The fraction of sp³-hybridized carbons (Fsp3) is 0.0714. The van der Waals surface area contributed by atoms with E-state index in [1.807, 2.05) is 28.7 Å². The second-order valence-electron chi connectivity index (χ2n) is 3.89.